The zero-order valence-corrected chi connectivity index (χ0v) is 19.1. The summed E-state index contributed by atoms with van der Waals surface area (Å²) in [6.45, 7) is 0.0221. The van der Waals surface area contributed by atoms with Gasteiger partial charge in [-0.1, -0.05) is 0 Å². The Balaban J connectivity index is 0.000000917. The number of ether oxygens (including phenoxy) is 3. The van der Waals surface area contributed by atoms with Gasteiger partial charge in [0.1, 0.15) is 48.8 Å². The lowest BCUT2D eigenvalue weighted by molar-refractivity contribution is -0.870. The second kappa shape index (κ2) is 14.2. The van der Waals surface area contributed by atoms with E-state index in [2.05, 4.69) is 21.1 Å². The maximum absolute atomic E-state index is 9.94. The summed E-state index contributed by atoms with van der Waals surface area (Å²) in [4.78, 5) is 0. The van der Waals surface area contributed by atoms with Crippen molar-refractivity contribution in [1.29, 1.82) is 0 Å². The number of rotatable bonds is 7. The Morgan fingerprint density at radius 3 is 1.72 bits per heavy atom. The van der Waals surface area contributed by atoms with E-state index >= 15 is 0 Å². The standard InChI is InChI=1S/C12H22O11.C6H16NO.ClH/c13-1-3-5(15)6(16)9(19)12(22-3)23-10-4(2-14)21-11(20)8(18)7(10)17;1-7(2,3)5-4-6-8;/h3-20H,1-2H2;8H,4-6H2,1-3H3;1H/q;+1;/p-1. The third-order valence-electron chi connectivity index (χ3n) is 4.97. The van der Waals surface area contributed by atoms with Gasteiger partial charge in [-0.05, 0) is 0 Å². The fourth-order valence-corrected chi connectivity index (χ4v) is 3.11. The highest BCUT2D eigenvalue weighted by Crippen LogP contribution is 2.28. The number of hydrogen-bond acceptors (Lipinski definition) is 12. The lowest BCUT2D eigenvalue weighted by Crippen LogP contribution is -3.00. The Labute approximate surface area is 193 Å². The predicted octanol–water partition coefficient (Wildman–Crippen LogP) is -8.32. The number of nitrogens with zero attached hydrogens (tertiary/aromatic N) is 1. The molecule has 2 rings (SSSR count). The van der Waals surface area contributed by atoms with Crippen molar-refractivity contribution in [1.82, 2.24) is 0 Å². The van der Waals surface area contributed by atoms with Gasteiger partial charge in [0, 0.05) is 13.0 Å². The molecule has 0 radical (unpaired) electrons. The van der Waals surface area contributed by atoms with E-state index in [4.69, 9.17) is 24.4 Å². The van der Waals surface area contributed by atoms with Crippen molar-refractivity contribution in [2.45, 2.75) is 67.8 Å². The number of aliphatic hydroxyl groups excluding tert-OH is 9. The molecule has 0 aromatic rings. The van der Waals surface area contributed by atoms with Crippen molar-refractivity contribution < 1.29 is 77.1 Å². The molecule has 2 saturated heterocycles. The van der Waals surface area contributed by atoms with Gasteiger partial charge in [0.2, 0.25) is 0 Å². The SMILES string of the molecule is C[N+](C)(C)CCCO.OCC1OC(OC2C(CO)OC(O)C(O)C2O)C(O)C(O)C1O.[Cl-]. The Morgan fingerprint density at radius 1 is 0.719 bits per heavy atom. The highest BCUT2D eigenvalue weighted by Gasteiger charge is 2.50. The van der Waals surface area contributed by atoms with Crippen molar-refractivity contribution in [2.75, 3.05) is 47.5 Å². The molecule has 0 spiro atoms. The van der Waals surface area contributed by atoms with Crippen LogP contribution in [0.3, 0.4) is 0 Å². The molecule has 10 unspecified atom stereocenters. The molecule has 0 amide bonds. The number of hydrogen-bond donors (Lipinski definition) is 9. The first-order valence-electron chi connectivity index (χ1n) is 10.1. The third-order valence-corrected chi connectivity index (χ3v) is 4.97. The van der Waals surface area contributed by atoms with Crippen LogP contribution < -0.4 is 12.4 Å². The minimum atomic E-state index is -1.74. The summed E-state index contributed by atoms with van der Waals surface area (Å²) >= 11 is 0. The van der Waals surface area contributed by atoms with Gasteiger partial charge in [0.05, 0.1) is 40.9 Å². The van der Waals surface area contributed by atoms with E-state index in [0.717, 1.165) is 17.4 Å². The van der Waals surface area contributed by atoms with Crippen LogP contribution in [-0.4, -0.2) is 159 Å². The average molecular weight is 496 g/mol. The molecule has 14 heteroatoms. The first kappa shape index (κ1) is 31.8. The fraction of sp³-hybridized carbons (Fsp3) is 1.00. The first-order valence-corrected chi connectivity index (χ1v) is 10.1. The number of halogens is 1. The van der Waals surface area contributed by atoms with E-state index in [1.807, 2.05) is 0 Å². The van der Waals surface area contributed by atoms with Gasteiger partial charge < -0.3 is 77.1 Å². The van der Waals surface area contributed by atoms with Crippen LogP contribution in [0.25, 0.3) is 0 Å². The van der Waals surface area contributed by atoms with Gasteiger partial charge in [0.25, 0.3) is 0 Å². The highest BCUT2D eigenvalue weighted by molar-refractivity contribution is 4.93. The number of quaternary nitrogens is 1. The van der Waals surface area contributed by atoms with Crippen LogP contribution in [0.5, 0.6) is 0 Å². The van der Waals surface area contributed by atoms with Gasteiger partial charge in [-0.2, -0.15) is 0 Å². The Bertz CT molecular complexity index is 509. The van der Waals surface area contributed by atoms with Gasteiger partial charge in [-0.25, -0.2) is 0 Å². The fourth-order valence-electron chi connectivity index (χ4n) is 3.11. The lowest BCUT2D eigenvalue weighted by atomic mass is 9.97. The summed E-state index contributed by atoms with van der Waals surface area (Å²) in [5.41, 5.74) is 0. The average Bonchev–Trinajstić information content (AvgIpc) is 2.72. The van der Waals surface area contributed by atoms with E-state index in [1.165, 1.54) is 0 Å². The molecule has 0 aromatic carbocycles. The van der Waals surface area contributed by atoms with Crippen LogP contribution in [0.4, 0.5) is 0 Å². The summed E-state index contributed by atoms with van der Waals surface area (Å²) in [7, 11) is 6.36. The van der Waals surface area contributed by atoms with Crippen molar-refractivity contribution in [3.8, 4) is 0 Å². The van der Waals surface area contributed by atoms with Gasteiger partial charge in [-0.3, -0.25) is 0 Å². The van der Waals surface area contributed by atoms with Crippen LogP contribution in [0.2, 0.25) is 0 Å². The summed E-state index contributed by atoms with van der Waals surface area (Å²) in [5.74, 6) is 0. The molecule has 13 nitrogen and oxygen atoms in total. The minimum Gasteiger partial charge on any atom is -1.00 e. The van der Waals surface area contributed by atoms with E-state index < -0.39 is 74.6 Å². The second-order valence-electron chi connectivity index (χ2n) is 8.62. The Hall–Kier alpha value is -0.230. The second-order valence-corrected chi connectivity index (χ2v) is 8.62. The normalized spacial score (nSPS) is 40.1. The zero-order valence-electron chi connectivity index (χ0n) is 18.4. The van der Waals surface area contributed by atoms with Crippen molar-refractivity contribution in [3.63, 3.8) is 0 Å². The Morgan fingerprint density at radius 2 is 1.28 bits per heavy atom. The topological polar surface area (TPSA) is 210 Å². The molecule has 194 valence electrons. The summed E-state index contributed by atoms with van der Waals surface area (Å²) < 4.78 is 16.2. The van der Waals surface area contributed by atoms with Crippen LogP contribution in [0.15, 0.2) is 0 Å². The maximum Gasteiger partial charge on any atom is 0.187 e. The van der Waals surface area contributed by atoms with Gasteiger partial charge >= 0.3 is 0 Å². The monoisotopic (exact) mass is 495 g/mol. The van der Waals surface area contributed by atoms with Crippen LogP contribution >= 0.6 is 0 Å². The number of aliphatic hydroxyl groups is 9. The molecule has 10 atom stereocenters. The summed E-state index contributed by atoms with van der Waals surface area (Å²) in [6, 6.07) is 0. The van der Waals surface area contributed by atoms with E-state index in [-0.39, 0.29) is 12.4 Å². The summed E-state index contributed by atoms with van der Waals surface area (Å²) in [6.07, 6.45) is -14.7. The molecule has 32 heavy (non-hydrogen) atoms. The van der Waals surface area contributed by atoms with Crippen molar-refractivity contribution in [2.24, 2.45) is 0 Å². The molecule has 2 fully saturated rings. The minimum absolute atomic E-state index is 0. The molecular weight excluding hydrogens is 458 g/mol. The van der Waals surface area contributed by atoms with E-state index in [0.29, 0.717) is 6.61 Å². The van der Waals surface area contributed by atoms with Crippen molar-refractivity contribution in [3.05, 3.63) is 0 Å². The quantitative estimate of drug-likeness (QED) is 0.151. The van der Waals surface area contributed by atoms with Gasteiger partial charge in [-0.15, -0.1) is 0 Å². The highest BCUT2D eigenvalue weighted by atomic mass is 35.5. The molecule has 2 aliphatic rings. The first-order chi connectivity index (χ1) is 14.4. The van der Waals surface area contributed by atoms with Crippen LogP contribution in [0.1, 0.15) is 6.42 Å². The smallest absolute Gasteiger partial charge is 0.187 e. The molecule has 0 bridgehead atoms. The van der Waals surface area contributed by atoms with E-state index in [1.54, 1.807) is 0 Å². The molecule has 0 saturated carbocycles. The maximum atomic E-state index is 9.94. The third kappa shape index (κ3) is 8.85. The largest absolute Gasteiger partial charge is 1.00 e. The van der Waals surface area contributed by atoms with E-state index in [9.17, 15) is 35.7 Å². The van der Waals surface area contributed by atoms with Crippen molar-refractivity contribution >= 4 is 0 Å². The van der Waals surface area contributed by atoms with Gasteiger partial charge in [0.15, 0.2) is 12.6 Å². The molecule has 0 aliphatic carbocycles. The predicted molar refractivity (Wildman–Crippen MR) is 103 cm³/mol. The molecule has 9 N–H and O–H groups in total. The molecule has 2 heterocycles. The Kier molecular flexibility index (Phi) is 14.1. The van der Waals surface area contributed by atoms with Crippen LogP contribution in [0, 0.1) is 0 Å². The van der Waals surface area contributed by atoms with Crippen LogP contribution in [-0.2, 0) is 14.2 Å². The summed E-state index contributed by atoms with van der Waals surface area (Å²) in [5, 5.41) is 84.9. The molecule has 2 aliphatic heterocycles. The zero-order chi connectivity index (χ0) is 23.9. The lowest BCUT2D eigenvalue weighted by Gasteiger charge is -2.45. The molecule has 0 aromatic heterocycles. The molecular formula is C18H38ClNO12.